The van der Waals surface area contributed by atoms with Gasteiger partial charge in [0.2, 0.25) is 5.91 Å². The average Bonchev–Trinajstić information content (AvgIpc) is 2.76. The molecular weight excluding hydrogens is 302 g/mol. The van der Waals surface area contributed by atoms with Crippen LogP contribution >= 0.6 is 0 Å². The molecule has 4 rings (SSSR count). The highest BCUT2D eigenvalue weighted by Gasteiger charge is 2.62. The fourth-order valence-corrected chi connectivity index (χ4v) is 6.73. The smallest absolute Gasteiger partial charge is 0.243 e. The molecule has 4 aliphatic rings. The number of fused-ring (bicyclic) bond motifs is 5. The van der Waals surface area contributed by atoms with Crippen molar-refractivity contribution in [3.05, 3.63) is 11.6 Å². The van der Waals surface area contributed by atoms with Gasteiger partial charge in [-0.15, -0.1) is 0 Å². The number of carbonyl (C=O) groups is 2. The molecule has 3 aliphatic carbocycles. The van der Waals surface area contributed by atoms with Crippen LogP contribution in [0.3, 0.4) is 0 Å². The molecule has 0 aromatic carbocycles. The van der Waals surface area contributed by atoms with Gasteiger partial charge in [0.1, 0.15) is 5.78 Å². The first-order valence-electron chi connectivity index (χ1n) is 9.44. The summed E-state index contributed by atoms with van der Waals surface area (Å²) in [5.41, 5.74) is 1.06. The molecule has 4 heteroatoms. The summed E-state index contributed by atoms with van der Waals surface area (Å²) in [7, 11) is 1.79. The highest BCUT2D eigenvalue weighted by molar-refractivity contribution is 5.90. The lowest BCUT2D eigenvalue weighted by atomic mass is 9.48. The number of Topliss-reactive ketones (excluding diaryl/α,β-unsaturated/α-hetero) is 1. The molecule has 24 heavy (non-hydrogen) atoms. The van der Waals surface area contributed by atoms with Crippen molar-refractivity contribution in [2.45, 2.75) is 58.5 Å². The van der Waals surface area contributed by atoms with Gasteiger partial charge in [0.05, 0.1) is 6.10 Å². The van der Waals surface area contributed by atoms with Crippen molar-refractivity contribution in [3.8, 4) is 0 Å². The minimum atomic E-state index is -0.147. The first-order chi connectivity index (χ1) is 11.4. The fraction of sp³-hybridized carbons (Fsp3) is 0.800. The normalized spacial score (nSPS) is 47.9. The minimum absolute atomic E-state index is 0.00335. The van der Waals surface area contributed by atoms with E-state index in [1.165, 1.54) is 12.0 Å². The Morgan fingerprint density at radius 1 is 1.21 bits per heavy atom. The molecule has 1 amide bonds. The van der Waals surface area contributed by atoms with Crippen LogP contribution in [0, 0.1) is 28.6 Å². The van der Waals surface area contributed by atoms with Gasteiger partial charge in [0, 0.05) is 42.9 Å². The summed E-state index contributed by atoms with van der Waals surface area (Å²) in [6.07, 6.45) is 7.79. The molecule has 0 aromatic rings. The lowest BCUT2D eigenvalue weighted by Gasteiger charge is -2.55. The maximum Gasteiger partial charge on any atom is 0.243 e. The van der Waals surface area contributed by atoms with Crippen LogP contribution < -0.4 is 5.32 Å². The number of hydrogen-bond acceptors (Lipinski definition) is 3. The van der Waals surface area contributed by atoms with Gasteiger partial charge in [-0.25, -0.2) is 0 Å². The van der Waals surface area contributed by atoms with E-state index in [0.29, 0.717) is 30.6 Å². The number of nitrogens with one attached hydrogen (secondary N) is 1. The first kappa shape index (κ1) is 16.3. The maximum absolute atomic E-state index is 13.3. The van der Waals surface area contributed by atoms with E-state index in [2.05, 4.69) is 19.2 Å². The molecule has 4 nitrogen and oxygen atoms in total. The van der Waals surface area contributed by atoms with Crippen LogP contribution in [0.2, 0.25) is 0 Å². The monoisotopic (exact) mass is 331 g/mol. The van der Waals surface area contributed by atoms with E-state index in [1.807, 2.05) is 0 Å². The summed E-state index contributed by atoms with van der Waals surface area (Å²) in [6.45, 7) is 5.19. The second-order valence-corrected chi connectivity index (χ2v) is 8.87. The highest BCUT2D eigenvalue weighted by atomic mass is 16.5. The van der Waals surface area contributed by atoms with E-state index in [0.717, 1.165) is 25.7 Å². The first-order valence-corrected chi connectivity index (χ1v) is 9.44. The summed E-state index contributed by atoms with van der Waals surface area (Å²) in [6, 6.07) is 0. The van der Waals surface area contributed by atoms with Gasteiger partial charge >= 0.3 is 0 Å². The topological polar surface area (TPSA) is 55.4 Å². The molecule has 0 spiro atoms. The summed E-state index contributed by atoms with van der Waals surface area (Å²) in [5.74, 6) is 1.53. The molecule has 132 valence electrons. The zero-order chi connectivity index (χ0) is 17.1. The van der Waals surface area contributed by atoms with Crippen molar-refractivity contribution in [1.82, 2.24) is 5.32 Å². The van der Waals surface area contributed by atoms with Gasteiger partial charge in [0.25, 0.3) is 0 Å². The molecule has 0 bridgehead atoms. The van der Waals surface area contributed by atoms with Crippen molar-refractivity contribution < 1.29 is 14.3 Å². The Balaban J connectivity index is 1.74. The number of hydrogen-bond donors (Lipinski definition) is 1. The molecule has 6 atom stereocenters. The lowest BCUT2D eigenvalue weighted by molar-refractivity contribution is -0.148. The quantitative estimate of drug-likeness (QED) is 0.804. The van der Waals surface area contributed by atoms with Gasteiger partial charge in [-0.3, -0.25) is 9.59 Å². The maximum atomic E-state index is 13.3. The van der Waals surface area contributed by atoms with E-state index in [-0.39, 0.29) is 28.8 Å². The Bertz CT molecular complexity index is 612. The molecule has 4 unspecified atom stereocenters. The van der Waals surface area contributed by atoms with Crippen molar-refractivity contribution in [2.75, 3.05) is 13.7 Å². The lowest BCUT2D eigenvalue weighted by Crippen LogP contribution is -2.55. The third-order valence-corrected chi connectivity index (χ3v) is 7.87. The number of methoxy groups -OCH3 is 1. The second-order valence-electron chi connectivity index (χ2n) is 8.87. The molecule has 0 aromatic heterocycles. The van der Waals surface area contributed by atoms with E-state index in [9.17, 15) is 9.59 Å². The molecule has 0 radical (unpaired) electrons. The van der Waals surface area contributed by atoms with Crippen LogP contribution in [0.5, 0.6) is 0 Å². The third-order valence-electron chi connectivity index (χ3n) is 7.87. The Kier molecular flexibility index (Phi) is 3.68. The Hall–Kier alpha value is -1.16. The van der Waals surface area contributed by atoms with Crippen molar-refractivity contribution in [1.29, 1.82) is 0 Å². The molecule has 1 aliphatic heterocycles. The van der Waals surface area contributed by atoms with E-state index in [4.69, 9.17) is 4.74 Å². The average molecular weight is 331 g/mol. The van der Waals surface area contributed by atoms with Gasteiger partial charge in [-0.1, -0.05) is 19.4 Å². The van der Waals surface area contributed by atoms with E-state index < -0.39 is 0 Å². The molecule has 1 heterocycles. The van der Waals surface area contributed by atoms with Crippen molar-refractivity contribution in [2.24, 2.45) is 28.6 Å². The Morgan fingerprint density at radius 3 is 2.75 bits per heavy atom. The van der Waals surface area contributed by atoms with Crippen LogP contribution in [0.25, 0.3) is 0 Å². The van der Waals surface area contributed by atoms with Gasteiger partial charge in [-0.05, 0) is 43.9 Å². The molecule has 1 N–H and O–H groups in total. The standard InChI is InChI=1S/C20H29NO3/c1-19-8-9-21-17(23)10-12(19)4-5-13-14-6-7-16(24-3)20(14,2)11-15(22)18(13)19/h10,13-14,16,18H,4-9,11H2,1-3H3,(H,21,23)/t13?,14-,16?,18+,19?,20?/m0/s1. The Labute approximate surface area is 144 Å². The predicted molar refractivity (Wildman–Crippen MR) is 91.3 cm³/mol. The second kappa shape index (κ2) is 5.42. The minimum Gasteiger partial charge on any atom is -0.381 e. The van der Waals surface area contributed by atoms with E-state index >= 15 is 0 Å². The van der Waals surface area contributed by atoms with Crippen LogP contribution in [-0.2, 0) is 14.3 Å². The predicted octanol–water partition coefficient (Wildman–Crippen LogP) is 2.87. The van der Waals surface area contributed by atoms with Crippen LogP contribution in [0.15, 0.2) is 11.6 Å². The summed E-state index contributed by atoms with van der Waals surface area (Å²) < 4.78 is 5.76. The van der Waals surface area contributed by atoms with Crippen molar-refractivity contribution >= 4 is 11.7 Å². The number of carbonyl (C=O) groups excluding carboxylic acids is 2. The van der Waals surface area contributed by atoms with Gasteiger partial charge in [-0.2, -0.15) is 0 Å². The zero-order valence-electron chi connectivity index (χ0n) is 15.1. The van der Waals surface area contributed by atoms with Gasteiger partial charge < -0.3 is 10.1 Å². The molecule has 3 saturated carbocycles. The fourth-order valence-electron chi connectivity index (χ4n) is 6.73. The largest absolute Gasteiger partial charge is 0.381 e. The molecule has 0 saturated heterocycles. The van der Waals surface area contributed by atoms with Crippen molar-refractivity contribution in [3.63, 3.8) is 0 Å². The molecule has 3 fully saturated rings. The van der Waals surface area contributed by atoms with Crippen LogP contribution in [0.4, 0.5) is 0 Å². The number of amides is 1. The number of rotatable bonds is 1. The highest BCUT2D eigenvalue weighted by Crippen LogP contribution is 2.63. The number of allylic oxidation sites excluding steroid dienone is 1. The summed E-state index contributed by atoms with van der Waals surface area (Å²) in [5, 5.41) is 2.96. The Morgan fingerprint density at radius 2 is 2.00 bits per heavy atom. The number of ether oxygens (including phenoxy) is 1. The SMILES string of the molecule is COC1CC[C@H]2C3CCC4=CC(=O)NCCC4(C)[C@H]3C(=O)CC12C. The van der Waals surface area contributed by atoms with Crippen LogP contribution in [0.1, 0.15) is 52.4 Å². The molecular formula is C20H29NO3. The zero-order valence-corrected chi connectivity index (χ0v) is 15.1. The number of ketones is 1. The van der Waals surface area contributed by atoms with Crippen LogP contribution in [-0.4, -0.2) is 31.4 Å². The summed E-state index contributed by atoms with van der Waals surface area (Å²) >= 11 is 0. The van der Waals surface area contributed by atoms with Gasteiger partial charge in [0.15, 0.2) is 0 Å². The van der Waals surface area contributed by atoms with E-state index in [1.54, 1.807) is 13.2 Å². The summed E-state index contributed by atoms with van der Waals surface area (Å²) in [4.78, 5) is 25.3. The third kappa shape index (κ3) is 2.08.